The summed E-state index contributed by atoms with van der Waals surface area (Å²) in [7, 11) is 0. The number of fused-ring (bicyclic) bond motifs is 1. The van der Waals surface area contributed by atoms with Gasteiger partial charge in [0.2, 0.25) is 6.41 Å². The molecule has 23 heavy (non-hydrogen) atoms. The zero-order valence-electron chi connectivity index (χ0n) is 12.6. The van der Waals surface area contributed by atoms with E-state index in [0.717, 1.165) is 29.7 Å². The van der Waals surface area contributed by atoms with Crippen molar-refractivity contribution >= 4 is 22.9 Å². The van der Waals surface area contributed by atoms with Gasteiger partial charge in [-0.2, -0.15) is 5.10 Å². The van der Waals surface area contributed by atoms with E-state index in [-0.39, 0.29) is 6.04 Å². The van der Waals surface area contributed by atoms with Crippen molar-refractivity contribution < 1.29 is 4.79 Å². The second-order valence-corrected chi connectivity index (χ2v) is 5.72. The highest BCUT2D eigenvalue weighted by atomic mass is 16.1. The minimum atomic E-state index is -0.0184. The quantitative estimate of drug-likeness (QED) is 0.669. The van der Waals surface area contributed by atoms with Gasteiger partial charge in [-0.3, -0.25) is 4.79 Å². The third-order valence-electron chi connectivity index (χ3n) is 4.32. The van der Waals surface area contributed by atoms with Crippen LogP contribution in [0.1, 0.15) is 23.6 Å². The Morgan fingerprint density at radius 2 is 1.65 bits per heavy atom. The summed E-state index contributed by atoms with van der Waals surface area (Å²) in [6.07, 6.45) is 1.55. The minimum absolute atomic E-state index is 0.0184. The van der Waals surface area contributed by atoms with Crippen LogP contribution < -0.4 is 0 Å². The van der Waals surface area contributed by atoms with Crippen molar-refractivity contribution in [1.29, 1.82) is 0 Å². The van der Waals surface area contributed by atoms with Crippen molar-refractivity contribution in [3.05, 3.63) is 83.9 Å². The van der Waals surface area contributed by atoms with Crippen LogP contribution in [0, 0.1) is 0 Å². The summed E-state index contributed by atoms with van der Waals surface area (Å²) in [6.45, 7) is 0. The minimum Gasteiger partial charge on any atom is -0.277 e. The van der Waals surface area contributed by atoms with Crippen LogP contribution in [-0.4, -0.2) is 17.1 Å². The smallest absolute Gasteiger partial charge is 0.230 e. The predicted octanol–water partition coefficient (Wildman–Crippen LogP) is 4.15. The predicted molar refractivity (Wildman–Crippen MR) is 92.2 cm³/mol. The van der Waals surface area contributed by atoms with Crippen LogP contribution in [0.3, 0.4) is 0 Å². The monoisotopic (exact) mass is 300 g/mol. The van der Waals surface area contributed by atoms with Gasteiger partial charge < -0.3 is 0 Å². The van der Waals surface area contributed by atoms with E-state index < -0.39 is 0 Å². The molecule has 3 aromatic carbocycles. The molecule has 3 aromatic rings. The van der Waals surface area contributed by atoms with Crippen LogP contribution >= 0.6 is 0 Å². The summed E-state index contributed by atoms with van der Waals surface area (Å²) in [5, 5.41) is 8.45. The number of hydrazone groups is 1. The molecular weight excluding hydrogens is 284 g/mol. The maximum atomic E-state index is 11.4. The van der Waals surface area contributed by atoms with Gasteiger partial charge in [0.05, 0.1) is 11.8 Å². The van der Waals surface area contributed by atoms with Crippen molar-refractivity contribution in [3.8, 4) is 0 Å². The fraction of sp³-hybridized carbons (Fsp3) is 0.100. The molecule has 4 rings (SSSR count). The molecule has 1 aliphatic rings. The first-order valence-electron chi connectivity index (χ1n) is 7.70. The van der Waals surface area contributed by atoms with Gasteiger partial charge in [0.1, 0.15) is 0 Å². The summed E-state index contributed by atoms with van der Waals surface area (Å²) in [6, 6.07) is 24.6. The zero-order chi connectivity index (χ0) is 15.6. The molecule has 0 saturated heterocycles. The largest absolute Gasteiger partial charge is 0.277 e. The Hall–Kier alpha value is -2.94. The van der Waals surface area contributed by atoms with E-state index >= 15 is 0 Å². The van der Waals surface area contributed by atoms with E-state index in [4.69, 9.17) is 0 Å². The SMILES string of the molecule is O=CN1N=C(c2ccc3ccccc3c2)C[C@@H]1c1ccccc1. The van der Waals surface area contributed by atoms with Crippen LogP contribution in [0.2, 0.25) is 0 Å². The lowest BCUT2D eigenvalue weighted by molar-refractivity contribution is -0.119. The first kappa shape index (κ1) is 13.7. The molecule has 3 nitrogen and oxygen atoms in total. The lowest BCUT2D eigenvalue weighted by Crippen LogP contribution is -2.17. The number of hydrogen-bond acceptors (Lipinski definition) is 2. The highest BCUT2D eigenvalue weighted by molar-refractivity contribution is 6.05. The van der Waals surface area contributed by atoms with Gasteiger partial charge in [0.25, 0.3) is 0 Å². The Labute approximate surface area is 134 Å². The van der Waals surface area contributed by atoms with E-state index in [9.17, 15) is 4.79 Å². The molecule has 0 bridgehead atoms. The Balaban J connectivity index is 1.70. The topological polar surface area (TPSA) is 32.7 Å². The Bertz CT molecular complexity index is 886. The van der Waals surface area contributed by atoms with Crippen molar-refractivity contribution in [2.75, 3.05) is 0 Å². The third kappa shape index (κ3) is 2.50. The van der Waals surface area contributed by atoms with Gasteiger partial charge in [-0.15, -0.1) is 0 Å². The van der Waals surface area contributed by atoms with Crippen molar-refractivity contribution in [3.63, 3.8) is 0 Å². The molecule has 1 heterocycles. The fourth-order valence-electron chi connectivity index (χ4n) is 3.11. The number of benzene rings is 3. The molecular formula is C20H16N2O. The van der Waals surface area contributed by atoms with E-state index in [1.54, 1.807) is 0 Å². The summed E-state index contributed by atoms with van der Waals surface area (Å²) in [5.41, 5.74) is 3.14. The van der Waals surface area contributed by atoms with Crippen LogP contribution in [0.15, 0.2) is 77.9 Å². The summed E-state index contributed by atoms with van der Waals surface area (Å²) < 4.78 is 0. The molecule has 1 amide bonds. The lowest BCUT2D eigenvalue weighted by Gasteiger charge is -2.17. The molecule has 0 fully saturated rings. The molecule has 0 saturated carbocycles. The molecule has 0 N–H and O–H groups in total. The first-order chi connectivity index (χ1) is 11.3. The molecule has 112 valence electrons. The van der Waals surface area contributed by atoms with Crippen LogP contribution in [0.5, 0.6) is 0 Å². The number of rotatable bonds is 3. The average Bonchev–Trinajstić information content (AvgIpc) is 3.06. The Morgan fingerprint density at radius 1 is 0.913 bits per heavy atom. The Kier molecular flexibility index (Phi) is 3.39. The maximum Gasteiger partial charge on any atom is 0.230 e. The van der Waals surface area contributed by atoms with Crippen LogP contribution in [0.25, 0.3) is 10.8 Å². The molecule has 1 aliphatic heterocycles. The molecule has 0 radical (unpaired) electrons. The molecule has 1 atom stereocenters. The first-order valence-corrected chi connectivity index (χ1v) is 7.70. The van der Waals surface area contributed by atoms with Crippen LogP contribution in [-0.2, 0) is 4.79 Å². The fourth-order valence-corrected chi connectivity index (χ4v) is 3.11. The molecule has 3 heteroatoms. The summed E-state index contributed by atoms with van der Waals surface area (Å²) in [5.74, 6) is 0. The van der Waals surface area contributed by atoms with Gasteiger partial charge in [-0.25, -0.2) is 5.01 Å². The number of nitrogens with zero attached hydrogens (tertiary/aromatic N) is 2. The third-order valence-corrected chi connectivity index (χ3v) is 4.32. The normalized spacial score (nSPS) is 17.3. The molecule has 0 unspecified atom stereocenters. The zero-order valence-corrected chi connectivity index (χ0v) is 12.6. The van der Waals surface area contributed by atoms with Crippen molar-refractivity contribution in [2.45, 2.75) is 12.5 Å². The second-order valence-electron chi connectivity index (χ2n) is 5.72. The van der Waals surface area contributed by atoms with E-state index in [1.807, 2.05) is 42.5 Å². The van der Waals surface area contributed by atoms with Gasteiger partial charge in [-0.05, 0) is 28.0 Å². The number of hydrogen-bond donors (Lipinski definition) is 0. The molecule has 0 spiro atoms. The number of amides is 1. The number of carbonyl (C=O) groups excluding carboxylic acids is 1. The van der Waals surface area contributed by atoms with Crippen molar-refractivity contribution in [2.24, 2.45) is 5.10 Å². The van der Waals surface area contributed by atoms with Crippen LogP contribution in [0.4, 0.5) is 0 Å². The van der Waals surface area contributed by atoms with E-state index in [0.29, 0.717) is 0 Å². The van der Waals surface area contributed by atoms with E-state index in [2.05, 4.69) is 35.4 Å². The van der Waals surface area contributed by atoms with Gasteiger partial charge in [0.15, 0.2) is 0 Å². The number of carbonyl (C=O) groups is 1. The summed E-state index contributed by atoms with van der Waals surface area (Å²) in [4.78, 5) is 11.4. The highest BCUT2D eigenvalue weighted by Gasteiger charge is 2.28. The summed E-state index contributed by atoms with van der Waals surface area (Å²) >= 11 is 0. The van der Waals surface area contributed by atoms with Gasteiger partial charge in [0, 0.05) is 6.42 Å². The highest BCUT2D eigenvalue weighted by Crippen LogP contribution is 2.31. The van der Waals surface area contributed by atoms with Crippen molar-refractivity contribution in [1.82, 2.24) is 5.01 Å². The molecule has 0 aromatic heterocycles. The van der Waals surface area contributed by atoms with Gasteiger partial charge in [-0.1, -0.05) is 66.7 Å². The van der Waals surface area contributed by atoms with Gasteiger partial charge >= 0.3 is 0 Å². The van der Waals surface area contributed by atoms with E-state index in [1.165, 1.54) is 15.8 Å². The lowest BCUT2D eigenvalue weighted by atomic mass is 9.97. The Morgan fingerprint density at radius 3 is 2.43 bits per heavy atom. The average molecular weight is 300 g/mol. The second kappa shape index (κ2) is 5.69. The standard InChI is InChI=1S/C20H16N2O/c23-14-22-20(16-7-2-1-3-8-16)13-19(21-22)18-11-10-15-6-4-5-9-17(15)12-18/h1-12,14,20H,13H2/t20-/m1/s1. The maximum absolute atomic E-state index is 11.4. The molecule has 0 aliphatic carbocycles.